The summed E-state index contributed by atoms with van der Waals surface area (Å²) < 4.78 is 5.80. The van der Waals surface area contributed by atoms with Crippen LogP contribution in [0.1, 0.15) is 43.4 Å². The average Bonchev–Trinajstić information content (AvgIpc) is 2.85. The van der Waals surface area contributed by atoms with Crippen molar-refractivity contribution in [1.82, 2.24) is 15.3 Å². The van der Waals surface area contributed by atoms with E-state index in [2.05, 4.69) is 36.1 Å². The number of nitrogens with zero attached hydrogens (tertiary/aromatic N) is 2. The normalized spacial score (nSPS) is 22.8. The molecule has 1 N–H and O–H groups in total. The summed E-state index contributed by atoms with van der Waals surface area (Å²) in [6.07, 6.45) is 4.29. The molecular formula is C15H23N3O2. The lowest BCUT2D eigenvalue weighted by molar-refractivity contribution is 0.00736. The third-order valence-electron chi connectivity index (χ3n) is 3.61. The summed E-state index contributed by atoms with van der Waals surface area (Å²) in [5, 5.41) is 2.94. The number of hydrogen-bond acceptors (Lipinski definition) is 4. The van der Waals surface area contributed by atoms with Crippen molar-refractivity contribution in [3.05, 3.63) is 23.8 Å². The molecule has 5 nitrogen and oxygen atoms in total. The van der Waals surface area contributed by atoms with E-state index in [0.717, 1.165) is 18.7 Å². The first-order chi connectivity index (χ1) is 9.38. The molecule has 0 bridgehead atoms. The van der Waals surface area contributed by atoms with Crippen LogP contribution in [0.3, 0.4) is 0 Å². The monoisotopic (exact) mass is 277 g/mol. The van der Waals surface area contributed by atoms with Gasteiger partial charge in [-0.3, -0.25) is 9.78 Å². The summed E-state index contributed by atoms with van der Waals surface area (Å²) in [7, 11) is 0. The molecule has 1 fully saturated rings. The molecule has 2 rings (SSSR count). The minimum absolute atomic E-state index is 0.0928. The van der Waals surface area contributed by atoms with Crippen molar-refractivity contribution >= 4 is 5.91 Å². The standard InChI is InChI=1S/C15H23N3O2/c1-10-7-17-12(9-16-10)14(19)18-8-11-5-6-20-13(11)15(2,3)4/h7,9,11,13H,5-6,8H2,1-4H3,(H,18,19)/t11-,13+/m1/s1. The fourth-order valence-electron chi connectivity index (χ4n) is 2.62. The lowest BCUT2D eigenvalue weighted by Crippen LogP contribution is -2.38. The van der Waals surface area contributed by atoms with E-state index in [9.17, 15) is 4.79 Å². The van der Waals surface area contributed by atoms with Crippen LogP contribution in [0.15, 0.2) is 12.4 Å². The number of nitrogens with one attached hydrogen (secondary N) is 1. The molecular weight excluding hydrogens is 254 g/mol. The van der Waals surface area contributed by atoms with Crippen LogP contribution in [0, 0.1) is 18.3 Å². The highest BCUT2D eigenvalue weighted by Gasteiger charge is 2.37. The summed E-state index contributed by atoms with van der Waals surface area (Å²) in [6.45, 7) is 9.75. The van der Waals surface area contributed by atoms with E-state index in [1.54, 1.807) is 6.20 Å². The molecule has 0 spiro atoms. The predicted molar refractivity (Wildman–Crippen MR) is 76.4 cm³/mol. The maximum absolute atomic E-state index is 12.0. The van der Waals surface area contributed by atoms with E-state index in [4.69, 9.17) is 4.74 Å². The fourth-order valence-corrected chi connectivity index (χ4v) is 2.62. The molecule has 20 heavy (non-hydrogen) atoms. The summed E-state index contributed by atoms with van der Waals surface area (Å²) in [5.41, 5.74) is 1.26. The van der Waals surface area contributed by atoms with Gasteiger partial charge in [-0.2, -0.15) is 0 Å². The van der Waals surface area contributed by atoms with Gasteiger partial charge in [-0.25, -0.2) is 4.98 Å². The van der Waals surface area contributed by atoms with Crippen molar-refractivity contribution in [3.8, 4) is 0 Å². The summed E-state index contributed by atoms with van der Waals surface area (Å²) in [4.78, 5) is 20.2. The molecule has 1 saturated heterocycles. The highest BCUT2D eigenvalue weighted by molar-refractivity contribution is 5.91. The average molecular weight is 277 g/mol. The van der Waals surface area contributed by atoms with Crippen LogP contribution in [0.25, 0.3) is 0 Å². The van der Waals surface area contributed by atoms with Gasteiger partial charge in [-0.15, -0.1) is 0 Å². The van der Waals surface area contributed by atoms with Crippen molar-refractivity contribution in [1.29, 1.82) is 0 Å². The van der Waals surface area contributed by atoms with Gasteiger partial charge in [-0.05, 0) is 18.8 Å². The molecule has 5 heteroatoms. The van der Waals surface area contributed by atoms with E-state index in [-0.39, 0.29) is 17.4 Å². The smallest absolute Gasteiger partial charge is 0.271 e. The Morgan fingerprint density at radius 2 is 2.15 bits per heavy atom. The molecule has 1 aliphatic rings. The number of hydrogen-bond donors (Lipinski definition) is 1. The predicted octanol–water partition coefficient (Wildman–Crippen LogP) is 1.97. The molecule has 0 aliphatic carbocycles. The van der Waals surface area contributed by atoms with Crippen molar-refractivity contribution < 1.29 is 9.53 Å². The second kappa shape index (κ2) is 5.87. The minimum atomic E-state index is -0.169. The molecule has 0 aromatic carbocycles. The molecule has 0 saturated carbocycles. The van der Waals surface area contributed by atoms with Crippen molar-refractivity contribution in [3.63, 3.8) is 0 Å². The van der Waals surface area contributed by atoms with Crippen LogP contribution < -0.4 is 5.32 Å². The number of carbonyl (C=O) groups is 1. The summed E-state index contributed by atoms with van der Waals surface area (Å²) >= 11 is 0. The zero-order chi connectivity index (χ0) is 14.8. The van der Waals surface area contributed by atoms with Crippen LogP contribution in [-0.2, 0) is 4.74 Å². The first-order valence-corrected chi connectivity index (χ1v) is 7.06. The second-order valence-corrected chi connectivity index (χ2v) is 6.46. The first-order valence-electron chi connectivity index (χ1n) is 7.06. The van der Waals surface area contributed by atoms with Crippen LogP contribution in [0.5, 0.6) is 0 Å². The molecule has 1 aliphatic heterocycles. The molecule has 1 aromatic rings. The van der Waals surface area contributed by atoms with Gasteiger partial charge in [0.15, 0.2) is 0 Å². The second-order valence-electron chi connectivity index (χ2n) is 6.46. The highest BCUT2D eigenvalue weighted by Crippen LogP contribution is 2.34. The zero-order valence-corrected chi connectivity index (χ0v) is 12.6. The Labute approximate surface area is 120 Å². The third kappa shape index (κ3) is 3.54. The van der Waals surface area contributed by atoms with Gasteiger partial charge in [0, 0.05) is 25.3 Å². The van der Waals surface area contributed by atoms with Crippen molar-refractivity contribution in [2.45, 2.75) is 40.2 Å². The Balaban J connectivity index is 1.91. The fraction of sp³-hybridized carbons (Fsp3) is 0.667. The quantitative estimate of drug-likeness (QED) is 0.917. The first kappa shape index (κ1) is 14.9. The lowest BCUT2D eigenvalue weighted by atomic mass is 9.81. The van der Waals surface area contributed by atoms with Crippen LogP contribution in [0.2, 0.25) is 0 Å². The topological polar surface area (TPSA) is 64.1 Å². The van der Waals surface area contributed by atoms with Crippen molar-refractivity contribution in [2.24, 2.45) is 11.3 Å². The van der Waals surface area contributed by atoms with Crippen LogP contribution in [0.4, 0.5) is 0 Å². The molecule has 2 heterocycles. The van der Waals surface area contributed by atoms with E-state index in [1.165, 1.54) is 6.20 Å². The van der Waals surface area contributed by atoms with Crippen LogP contribution in [-0.4, -0.2) is 35.1 Å². The SMILES string of the molecule is Cc1cnc(C(=O)NC[C@H]2CCO[C@@H]2C(C)(C)C)cn1. The number of ether oxygens (including phenoxy) is 1. The van der Waals surface area contributed by atoms with Gasteiger partial charge in [-0.1, -0.05) is 20.8 Å². The lowest BCUT2D eigenvalue weighted by Gasteiger charge is -2.31. The Kier molecular flexibility index (Phi) is 4.38. The maximum Gasteiger partial charge on any atom is 0.271 e. The summed E-state index contributed by atoms with van der Waals surface area (Å²) in [5.74, 6) is 0.189. The molecule has 110 valence electrons. The number of aryl methyl sites for hydroxylation is 1. The molecule has 0 radical (unpaired) electrons. The van der Waals surface area contributed by atoms with Gasteiger partial charge in [0.1, 0.15) is 5.69 Å². The molecule has 1 amide bonds. The van der Waals surface area contributed by atoms with Gasteiger partial charge >= 0.3 is 0 Å². The number of amides is 1. The van der Waals surface area contributed by atoms with Crippen LogP contribution >= 0.6 is 0 Å². The Hall–Kier alpha value is -1.49. The zero-order valence-electron chi connectivity index (χ0n) is 12.6. The Morgan fingerprint density at radius 3 is 2.75 bits per heavy atom. The minimum Gasteiger partial charge on any atom is -0.377 e. The van der Waals surface area contributed by atoms with Gasteiger partial charge in [0.05, 0.1) is 18.0 Å². The van der Waals surface area contributed by atoms with Gasteiger partial charge in [0.2, 0.25) is 0 Å². The number of carbonyl (C=O) groups excluding carboxylic acids is 1. The van der Waals surface area contributed by atoms with E-state index in [0.29, 0.717) is 18.2 Å². The largest absolute Gasteiger partial charge is 0.377 e. The van der Waals surface area contributed by atoms with Gasteiger partial charge in [0.25, 0.3) is 5.91 Å². The van der Waals surface area contributed by atoms with E-state index >= 15 is 0 Å². The third-order valence-corrected chi connectivity index (χ3v) is 3.61. The summed E-state index contributed by atoms with van der Waals surface area (Å²) in [6, 6.07) is 0. The van der Waals surface area contributed by atoms with Crippen molar-refractivity contribution in [2.75, 3.05) is 13.2 Å². The van der Waals surface area contributed by atoms with Gasteiger partial charge < -0.3 is 10.1 Å². The molecule has 2 atom stereocenters. The van der Waals surface area contributed by atoms with E-state index < -0.39 is 0 Å². The van der Waals surface area contributed by atoms with E-state index in [1.807, 2.05) is 6.92 Å². The molecule has 0 unspecified atom stereocenters. The highest BCUT2D eigenvalue weighted by atomic mass is 16.5. The number of rotatable bonds is 3. The maximum atomic E-state index is 12.0. The Morgan fingerprint density at radius 1 is 1.40 bits per heavy atom. The number of aromatic nitrogens is 2. The Bertz CT molecular complexity index is 465. The molecule has 1 aromatic heterocycles.